The second-order valence-corrected chi connectivity index (χ2v) is 6.99. The fourth-order valence-corrected chi connectivity index (χ4v) is 3.17. The van der Waals surface area contributed by atoms with E-state index in [1.54, 1.807) is 7.11 Å². The molecule has 140 valence electrons. The van der Waals surface area contributed by atoms with E-state index in [0.717, 1.165) is 40.2 Å². The average Bonchev–Trinajstić information content (AvgIpc) is 2.66. The number of amidine groups is 1. The van der Waals surface area contributed by atoms with Gasteiger partial charge >= 0.3 is 0 Å². The van der Waals surface area contributed by atoms with Gasteiger partial charge < -0.3 is 15.2 Å². The summed E-state index contributed by atoms with van der Waals surface area (Å²) in [5.41, 5.74) is 9.58. The monoisotopic (exact) mass is 362 g/mol. The van der Waals surface area contributed by atoms with E-state index in [9.17, 15) is 0 Å². The molecule has 4 heteroatoms. The third kappa shape index (κ3) is 4.40. The Balaban J connectivity index is 1.68. The molecular weight excluding hydrogens is 336 g/mol. The van der Waals surface area contributed by atoms with Crippen molar-refractivity contribution in [2.75, 3.05) is 7.11 Å². The molecule has 0 aromatic heterocycles. The van der Waals surface area contributed by atoms with Crippen LogP contribution in [0.2, 0.25) is 0 Å². The van der Waals surface area contributed by atoms with Gasteiger partial charge in [0.15, 0.2) is 5.72 Å². The minimum absolute atomic E-state index is 0.521. The number of aliphatic imine (C=N–C) groups is 1. The lowest BCUT2D eigenvalue weighted by atomic mass is 9.99. The van der Waals surface area contributed by atoms with Crippen molar-refractivity contribution in [1.82, 2.24) is 0 Å². The first-order valence-corrected chi connectivity index (χ1v) is 9.04. The van der Waals surface area contributed by atoms with Crippen LogP contribution in [-0.4, -0.2) is 18.7 Å². The molecule has 4 nitrogen and oxygen atoms in total. The van der Waals surface area contributed by atoms with Gasteiger partial charge in [-0.15, -0.1) is 0 Å². The van der Waals surface area contributed by atoms with Gasteiger partial charge in [-0.3, -0.25) is 0 Å². The maximum Gasteiger partial charge on any atom is 0.199 e. The maximum atomic E-state index is 6.14. The number of nitrogens with two attached hydrogens (primary N) is 1. The van der Waals surface area contributed by atoms with E-state index < -0.39 is 5.72 Å². The van der Waals surface area contributed by atoms with Crippen LogP contribution in [-0.2, 0) is 0 Å². The number of methoxy groups -OCH3 is 1. The van der Waals surface area contributed by atoms with E-state index in [1.807, 2.05) is 49.4 Å². The summed E-state index contributed by atoms with van der Waals surface area (Å²) in [7, 11) is 1.67. The van der Waals surface area contributed by atoms with Crippen LogP contribution in [0.15, 0.2) is 71.8 Å². The Bertz CT molecular complexity index is 914. The highest BCUT2D eigenvalue weighted by molar-refractivity contribution is 6.00. The minimum Gasteiger partial charge on any atom is -0.497 e. The molecule has 1 aliphatic rings. The minimum atomic E-state index is -0.681. The van der Waals surface area contributed by atoms with E-state index in [-0.39, 0.29) is 0 Å². The lowest BCUT2D eigenvalue weighted by molar-refractivity contribution is 0.0850. The van der Waals surface area contributed by atoms with Gasteiger partial charge in [0.25, 0.3) is 0 Å². The molecule has 1 heterocycles. The van der Waals surface area contributed by atoms with E-state index in [0.29, 0.717) is 12.3 Å². The maximum absolute atomic E-state index is 6.14. The molecular formula is C23H26N2O2. The number of ether oxygens (including phenoxy) is 2. The molecule has 2 N–H and O–H groups in total. The number of benzene rings is 2. The van der Waals surface area contributed by atoms with Crippen LogP contribution < -0.4 is 15.2 Å². The number of nitrogens with zero attached hydrogens (tertiary/aromatic N) is 1. The zero-order valence-electron chi connectivity index (χ0n) is 16.2. The van der Waals surface area contributed by atoms with Crippen molar-refractivity contribution in [3.05, 3.63) is 77.9 Å². The zero-order chi connectivity index (χ0) is 19.4. The second-order valence-electron chi connectivity index (χ2n) is 6.99. The summed E-state index contributed by atoms with van der Waals surface area (Å²) in [5, 5.41) is 0. The largest absolute Gasteiger partial charge is 0.497 e. The van der Waals surface area contributed by atoms with Crippen LogP contribution in [0.4, 0.5) is 0 Å². The first kappa shape index (κ1) is 18.8. The topological polar surface area (TPSA) is 56.8 Å². The predicted molar refractivity (Wildman–Crippen MR) is 111 cm³/mol. The van der Waals surface area contributed by atoms with Crippen molar-refractivity contribution in [3.63, 3.8) is 0 Å². The molecule has 1 aliphatic heterocycles. The standard InChI is InChI=1S/C23H26N2O2/c1-16(14-17(2)18-8-7-9-19(15-18)26-4)12-13-23(3)25-22(24)20-10-5-6-11-21(20)27-23/h5-11,14-15H,1,12-13H2,2-4H3,(H2,24,25). The summed E-state index contributed by atoms with van der Waals surface area (Å²) >= 11 is 0. The molecule has 0 fully saturated rings. The van der Waals surface area contributed by atoms with Crippen LogP contribution in [0.1, 0.15) is 37.8 Å². The van der Waals surface area contributed by atoms with Gasteiger partial charge in [0.1, 0.15) is 17.3 Å². The third-order valence-corrected chi connectivity index (χ3v) is 4.71. The van der Waals surface area contributed by atoms with Gasteiger partial charge in [0.2, 0.25) is 0 Å². The van der Waals surface area contributed by atoms with Crippen molar-refractivity contribution < 1.29 is 9.47 Å². The second kappa shape index (κ2) is 7.70. The Morgan fingerprint density at radius 1 is 1.26 bits per heavy atom. The Labute approximate surface area is 161 Å². The Morgan fingerprint density at radius 3 is 2.81 bits per heavy atom. The molecule has 0 aliphatic carbocycles. The van der Waals surface area contributed by atoms with Crippen molar-refractivity contribution in [3.8, 4) is 11.5 Å². The highest BCUT2D eigenvalue weighted by Gasteiger charge is 2.31. The van der Waals surface area contributed by atoms with Crippen LogP contribution >= 0.6 is 0 Å². The fourth-order valence-electron chi connectivity index (χ4n) is 3.17. The average molecular weight is 362 g/mol. The normalized spacial score (nSPS) is 18.9. The van der Waals surface area contributed by atoms with Crippen molar-refractivity contribution in [1.29, 1.82) is 0 Å². The summed E-state index contributed by atoms with van der Waals surface area (Å²) in [6, 6.07) is 15.7. The number of hydrogen-bond donors (Lipinski definition) is 1. The van der Waals surface area contributed by atoms with Crippen LogP contribution in [0.3, 0.4) is 0 Å². The number of hydrogen-bond acceptors (Lipinski definition) is 4. The molecule has 0 radical (unpaired) electrons. The lowest BCUT2D eigenvalue weighted by Crippen LogP contribution is -2.37. The molecule has 0 saturated heterocycles. The lowest BCUT2D eigenvalue weighted by Gasteiger charge is -2.32. The fraction of sp³-hybridized carbons (Fsp3) is 0.261. The van der Waals surface area contributed by atoms with Crippen molar-refractivity contribution in [2.45, 2.75) is 32.4 Å². The van der Waals surface area contributed by atoms with Gasteiger partial charge in [-0.2, -0.15) is 0 Å². The molecule has 2 aromatic rings. The van der Waals surface area contributed by atoms with Crippen LogP contribution in [0.5, 0.6) is 11.5 Å². The van der Waals surface area contributed by atoms with Crippen molar-refractivity contribution in [2.24, 2.45) is 10.7 Å². The van der Waals surface area contributed by atoms with Gasteiger partial charge in [-0.25, -0.2) is 4.99 Å². The SMILES string of the molecule is C=C(C=C(C)c1cccc(OC)c1)CCC1(C)N=C(N)c2ccccc2O1. The number of allylic oxidation sites excluding steroid dienone is 3. The highest BCUT2D eigenvalue weighted by Crippen LogP contribution is 2.33. The van der Waals surface area contributed by atoms with Crippen LogP contribution in [0.25, 0.3) is 5.57 Å². The third-order valence-electron chi connectivity index (χ3n) is 4.71. The number of para-hydroxylation sites is 1. The molecule has 27 heavy (non-hydrogen) atoms. The van der Waals surface area contributed by atoms with Crippen LogP contribution in [0, 0.1) is 0 Å². The summed E-state index contributed by atoms with van der Waals surface area (Å²) in [5.74, 6) is 2.15. The van der Waals surface area contributed by atoms with E-state index in [2.05, 4.69) is 30.6 Å². The predicted octanol–water partition coefficient (Wildman–Crippen LogP) is 4.95. The van der Waals surface area contributed by atoms with E-state index >= 15 is 0 Å². The van der Waals surface area contributed by atoms with Gasteiger partial charge in [0, 0.05) is 6.42 Å². The molecule has 0 amide bonds. The summed E-state index contributed by atoms with van der Waals surface area (Å²) in [4.78, 5) is 4.58. The van der Waals surface area contributed by atoms with Gasteiger partial charge in [-0.1, -0.05) is 42.5 Å². The first-order chi connectivity index (χ1) is 12.9. The smallest absolute Gasteiger partial charge is 0.199 e. The zero-order valence-corrected chi connectivity index (χ0v) is 16.2. The summed E-state index contributed by atoms with van der Waals surface area (Å²) < 4.78 is 11.4. The molecule has 0 spiro atoms. The summed E-state index contributed by atoms with van der Waals surface area (Å²) in [6.45, 7) is 8.23. The molecule has 1 unspecified atom stereocenters. The Hall–Kier alpha value is -3.01. The quantitative estimate of drug-likeness (QED) is 0.740. The highest BCUT2D eigenvalue weighted by atomic mass is 16.5. The van der Waals surface area contributed by atoms with E-state index in [1.165, 1.54) is 0 Å². The molecule has 0 bridgehead atoms. The van der Waals surface area contributed by atoms with Crippen molar-refractivity contribution >= 4 is 11.4 Å². The van der Waals surface area contributed by atoms with Gasteiger partial charge in [0.05, 0.1) is 12.7 Å². The summed E-state index contributed by atoms with van der Waals surface area (Å²) in [6.07, 6.45) is 3.56. The Morgan fingerprint density at radius 2 is 2.04 bits per heavy atom. The molecule has 0 saturated carbocycles. The van der Waals surface area contributed by atoms with Gasteiger partial charge in [-0.05, 0) is 55.7 Å². The molecule has 1 atom stereocenters. The number of fused-ring (bicyclic) bond motifs is 1. The van der Waals surface area contributed by atoms with E-state index in [4.69, 9.17) is 15.2 Å². The number of rotatable bonds is 6. The molecule has 3 rings (SSSR count). The molecule has 2 aromatic carbocycles. The Kier molecular flexibility index (Phi) is 5.36. The first-order valence-electron chi connectivity index (χ1n) is 9.04.